The number of aryl methyl sites for hydroxylation is 2. The molecule has 2 rings (SSSR count). The lowest BCUT2D eigenvalue weighted by atomic mass is 10.1. The van der Waals surface area contributed by atoms with E-state index < -0.39 is 32.1 Å². The molecule has 0 radical (unpaired) electrons. The van der Waals surface area contributed by atoms with Crippen molar-refractivity contribution in [2.45, 2.75) is 62.2 Å². The number of urea groups is 2. The van der Waals surface area contributed by atoms with Gasteiger partial charge in [0.2, 0.25) is 0 Å². The Morgan fingerprint density at radius 1 is 0.611 bits per heavy atom. The summed E-state index contributed by atoms with van der Waals surface area (Å²) in [5.74, 6) is 0. The summed E-state index contributed by atoms with van der Waals surface area (Å²) in [6.45, 7) is 4.25. The molecule has 0 unspecified atom stereocenters. The molecule has 36 heavy (non-hydrogen) atoms. The molecular weight excluding hydrogens is 504 g/mol. The second-order valence-corrected chi connectivity index (χ2v) is 11.8. The van der Waals surface area contributed by atoms with Crippen molar-refractivity contribution in [1.29, 1.82) is 0 Å². The van der Waals surface area contributed by atoms with Gasteiger partial charge in [-0.25, -0.2) is 35.9 Å². The Morgan fingerprint density at radius 2 is 0.972 bits per heavy atom. The molecule has 12 heteroatoms. The van der Waals surface area contributed by atoms with Crippen LogP contribution in [-0.4, -0.2) is 42.0 Å². The van der Waals surface area contributed by atoms with Crippen molar-refractivity contribution in [3.05, 3.63) is 59.7 Å². The van der Waals surface area contributed by atoms with Gasteiger partial charge in [-0.05, 0) is 62.1 Å². The van der Waals surface area contributed by atoms with E-state index in [0.717, 1.165) is 36.8 Å². The number of hydrogen-bond acceptors (Lipinski definition) is 6. The van der Waals surface area contributed by atoms with E-state index in [2.05, 4.69) is 10.6 Å². The molecule has 4 N–H and O–H groups in total. The average Bonchev–Trinajstić information content (AvgIpc) is 2.79. The van der Waals surface area contributed by atoms with Gasteiger partial charge in [0.15, 0.2) is 0 Å². The molecule has 0 fully saturated rings. The lowest BCUT2D eigenvalue weighted by Crippen LogP contribution is -2.39. The molecule has 10 nitrogen and oxygen atoms in total. The summed E-state index contributed by atoms with van der Waals surface area (Å²) in [5.41, 5.74) is 1.56. The maximum atomic E-state index is 12.2. The molecule has 2 aromatic carbocycles. The molecule has 0 saturated heterocycles. The summed E-state index contributed by atoms with van der Waals surface area (Å²) in [7, 11) is -7.81. The fraction of sp³-hybridized carbons (Fsp3) is 0.417. The van der Waals surface area contributed by atoms with Gasteiger partial charge in [-0.1, -0.05) is 49.9 Å². The van der Waals surface area contributed by atoms with Gasteiger partial charge in [0.25, 0.3) is 20.0 Å². The van der Waals surface area contributed by atoms with Crippen LogP contribution in [0.5, 0.6) is 0 Å². The highest BCUT2D eigenvalue weighted by molar-refractivity contribution is 7.90. The summed E-state index contributed by atoms with van der Waals surface area (Å²) < 4.78 is 52.9. The van der Waals surface area contributed by atoms with E-state index in [-0.39, 0.29) is 9.79 Å². The summed E-state index contributed by atoms with van der Waals surface area (Å²) >= 11 is 0. The first-order valence-corrected chi connectivity index (χ1v) is 14.7. The zero-order valence-corrected chi connectivity index (χ0v) is 22.2. The smallest absolute Gasteiger partial charge is 0.328 e. The summed E-state index contributed by atoms with van der Waals surface area (Å²) in [6.07, 6.45) is 4.95. The molecule has 0 aromatic heterocycles. The van der Waals surface area contributed by atoms with Crippen LogP contribution >= 0.6 is 0 Å². The van der Waals surface area contributed by atoms with Gasteiger partial charge < -0.3 is 10.6 Å². The number of nitrogens with one attached hydrogen (secondary N) is 4. The molecule has 0 spiro atoms. The first-order valence-electron chi connectivity index (χ1n) is 11.7. The minimum atomic E-state index is -3.90. The number of carbonyl (C=O) groups is 2. The van der Waals surface area contributed by atoms with Crippen LogP contribution < -0.4 is 20.1 Å². The van der Waals surface area contributed by atoms with E-state index in [1.807, 2.05) is 9.44 Å². The topological polar surface area (TPSA) is 151 Å². The number of carbonyl (C=O) groups excluding carboxylic acids is 2. The quantitative estimate of drug-likeness (QED) is 0.287. The number of amides is 4. The van der Waals surface area contributed by atoms with E-state index in [4.69, 9.17) is 0 Å². The average molecular weight is 539 g/mol. The number of hydrogen-bond donors (Lipinski definition) is 4. The Hall–Kier alpha value is -3.12. The number of rotatable bonds is 13. The van der Waals surface area contributed by atoms with E-state index in [0.29, 0.717) is 25.9 Å². The molecule has 2 aromatic rings. The van der Waals surface area contributed by atoms with Crippen LogP contribution in [0.2, 0.25) is 0 Å². The number of unbranched alkanes of at least 4 members (excludes halogenated alkanes) is 5. The molecule has 0 aliphatic rings. The van der Waals surface area contributed by atoms with Crippen LogP contribution in [0.25, 0.3) is 0 Å². The standard InChI is InChI=1S/C24H34N4O6S2/c1-19-11-9-13-21(17-19)35(31,32)27-23(29)25-15-7-5-3-4-6-8-16-26-24(30)28-36(33,34)22-14-10-12-20(2)18-22/h9-14,17-18H,3-8,15-16H2,1-2H3,(H2,25,27,29)(H2,26,28,30). The Kier molecular flexibility index (Phi) is 11.2. The molecular formula is C24H34N4O6S2. The molecule has 0 saturated carbocycles. The predicted octanol–water partition coefficient (Wildman–Crippen LogP) is 3.32. The van der Waals surface area contributed by atoms with E-state index in [9.17, 15) is 26.4 Å². The van der Waals surface area contributed by atoms with Crippen LogP contribution in [0, 0.1) is 13.8 Å². The zero-order valence-electron chi connectivity index (χ0n) is 20.5. The predicted molar refractivity (Wildman–Crippen MR) is 138 cm³/mol. The first-order chi connectivity index (χ1) is 17.0. The molecule has 0 aliphatic heterocycles. The van der Waals surface area contributed by atoms with Gasteiger partial charge in [0.1, 0.15) is 0 Å². The summed E-state index contributed by atoms with van der Waals surface area (Å²) in [6, 6.07) is 11.1. The summed E-state index contributed by atoms with van der Waals surface area (Å²) in [4.78, 5) is 23.8. The molecule has 0 bridgehead atoms. The van der Waals surface area contributed by atoms with Crippen LogP contribution in [0.4, 0.5) is 9.59 Å². The van der Waals surface area contributed by atoms with Gasteiger partial charge in [-0.3, -0.25) is 0 Å². The third-order valence-electron chi connectivity index (χ3n) is 5.23. The van der Waals surface area contributed by atoms with Crippen LogP contribution in [0.3, 0.4) is 0 Å². The first kappa shape index (κ1) is 29.1. The Balaban J connectivity index is 1.51. The molecule has 0 aliphatic carbocycles. The van der Waals surface area contributed by atoms with Crippen molar-refractivity contribution in [3.63, 3.8) is 0 Å². The van der Waals surface area contributed by atoms with Crippen LogP contribution in [-0.2, 0) is 20.0 Å². The highest BCUT2D eigenvalue weighted by atomic mass is 32.2. The highest BCUT2D eigenvalue weighted by Gasteiger charge is 2.18. The maximum Gasteiger partial charge on any atom is 0.328 e. The van der Waals surface area contributed by atoms with Gasteiger partial charge >= 0.3 is 12.1 Å². The number of sulfonamides is 2. The van der Waals surface area contributed by atoms with Crippen molar-refractivity contribution in [2.75, 3.05) is 13.1 Å². The third-order valence-corrected chi connectivity index (χ3v) is 7.89. The number of benzene rings is 2. The SMILES string of the molecule is Cc1cccc(S(=O)(=O)NC(=O)NCCCCCCCCNC(=O)NS(=O)(=O)c2cccc(C)c2)c1. The van der Waals surface area contributed by atoms with Crippen molar-refractivity contribution in [3.8, 4) is 0 Å². The summed E-state index contributed by atoms with van der Waals surface area (Å²) in [5, 5.41) is 5.09. The highest BCUT2D eigenvalue weighted by Crippen LogP contribution is 2.11. The fourth-order valence-corrected chi connectivity index (χ4v) is 5.43. The fourth-order valence-electron chi connectivity index (χ4n) is 3.36. The van der Waals surface area contributed by atoms with E-state index in [1.165, 1.54) is 24.3 Å². The second kappa shape index (κ2) is 13.8. The normalized spacial score (nSPS) is 11.5. The minimum absolute atomic E-state index is 0.0394. The molecule has 0 heterocycles. The molecule has 0 atom stereocenters. The largest absolute Gasteiger partial charge is 0.337 e. The molecule has 198 valence electrons. The monoisotopic (exact) mass is 538 g/mol. The Labute approximate surface area is 213 Å². The van der Waals surface area contributed by atoms with Gasteiger partial charge in [0.05, 0.1) is 9.79 Å². The van der Waals surface area contributed by atoms with Crippen molar-refractivity contribution in [2.24, 2.45) is 0 Å². The minimum Gasteiger partial charge on any atom is -0.337 e. The Bertz CT molecular complexity index is 1150. The van der Waals surface area contributed by atoms with Gasteiger partial charge in [0, 0.05) is 13.1 Å². The van der Waals surface area contributed by atoms with E-state index >= 15 is 0 Å². The van der Waals surface area contributed by atoms with E-state index in [1.54, 1.807) is 38.1 Å². The third kappa shape index (κ3) is 10.2. The van der Waals surface area contributed by atoms with Crippen molar-refractivity contribution < 1.29 is 26.4 Å². The molecule has 4 amide bonds. The Morgan fingerprint density at radius 3 is 1.33 bits per heavy atom. The lowest BCUT2D eigenvalue weighted by molar-refractivity contribution is 0.244. The maximum absolute atomic E-state index is 12.2. The zero-order chi connectivity index (χ0) is 26.6. The van der Waals surface area contributed by atoms with Crippen LogP contribution in [0.1, 0.15) is 49.7 Å². The van der Waals surface area contributed by atoms with Crippen LogP contribution in [0.15, 0.2) is 58.3 Å². The van der Waals surface area contributed by atoms with Gasteiger partial charge in [-0.15, -0.1) is 0 Å². The van der Waals surface area contributed by atoms with Crippen molar-refractivity contribution >= 4 is 32.1 Å². The second-order valence-electron chi connectivity index (χ2n) is 8.48. The van der Waals surface area contributed by atoms with Gasteiger partial charge in [-0.2, -0.15) is 0 Å². The lowest BCUT2D eigenvalue weighted by Gasteiger charge is -2.09. The van der Waals surface area contributed by atoms with Crippen molar-refractivity contribution in [1.82, 2.24) is 20.1 Å².